The minimum Gasteiger partial charge on any atom is -0.502 e. The molecule has 0 fully saturated rings. The molecule has 0 heterocycles. The zero-order chi connectivity index (χ0) is 48.4. The number of carbonyl (C=O) groups excluding carboxylic acids is 7. The number of aromatic hydroxyl groups is 1. The van der Waals surface area contributed by atoms with Gasteiger partial charge in [0.2, 0.25) is 36.8 Å². The first-order valence-corrected chi connectivity index (χ1v) is 17.4. The quantitative estimate of drug-likeness (QED) is 0.0182. The van der Waals surface area contributed by atoms with Gasteiger partial charge in [-0.15, -0.1) is 0 Å². The monoisotopic (exact) mass is 900 g/mol. The number of nitro benzene ring substituents is 1. The second-order valence-corrected chi connectivity index (χ2v) is 12.3. The first kappa shape index (κ1) is 50.7. The van der Waals surface area contributed by atoms with Crippen molar-refractivity contribution in [2.75, 3.05) is 0 Å². The van der Waals surface area contributed by atoms with Crippen molar-refractivity contribution in [2.24, 2.45) is 82.3 Å². The topological polar surface area (TPSA) is 597 Å². The minimum absolute atomic E-state index is 0.00706. The lowest BCUT2D eigenvalue weighted by Crippen LogP contribution is -2.60. The predicted molar refractivity (Wildman–Crippen MR) is 222 cm³/mol. The van der Waals surface area contributed by atoms with Crippen LogP contribution in [0.4, 0.5) is 5.69 Å². The smallest absolute Gasteiger partial charge is 0.311 e. The summed E-state index contributed by atoms with van der Waals surface area (Å²) in [6, 6.07) is 8.49. The number of aliphatic hydroxyl groups is 1. The van der Waals surface area contributed by atoms with Crippen LogP contribution in [-0.4, -0.2) is 124 Å². The van der Waals surface area contributed by atoms with Crippen LogP contribution >= 0.6 is 0 Å². The van der Waals surface area contributed by atoms with Crippen LogP contribution in [0.25, 0.3) is 0 Å². The van der Waals surface area contributed by atoms with Crippen LogP contribution in [0.15, 0.2) is 73.5 Å². The summed E-state index contributed by atoms with van der Waals surface area (Å²) in [5.74, 6) is -13.3. The van der Waals surface area contributed by atoms with Gasteiger partial charge in [0.25, 0.3) is 35.4 Å². The maximum atomic E-state index is 13.7. The molecular weight excluding hydrogens is 856 g/mol. The lowest BCUT2D eigenvalue weighted by atomic mass is 10.1. The van der Waals surface area contributed by atoms with E-state index in [0.29, 0.717) is 0 Å². The van der Waals surface area contributed by atoms with E-state index in [0.717, 1.165) is 18.3 Å². The first-order valence-electron chi connectivity index (χ1n) is 17.4. The molecule has 0 aliphatic rings. The van der Waals surface area contributed by atoms with Crippen LogP contribution in [-0.2, 0) is 33.6 Å². The number of hydrogen-bond acceptors (Lipinski definition) is 17. The van der Waals surface area contributed by atoms with E-state index in [2.05, 4.69) is 35.6 Å². The number of primary amides is 1. The highest BCUT2D eigenvalue weighted by atomic mass is 16.6. The largest absolute Gasteiger partial charge is 0.502 e. The molecule has 33 heteroatoms. The fraction of sp³-hybridized carbons (Fsp3) is 0.226. The maximum Gasteiger partial charge on any atom is 0.311 e. The summed E-state index contributed by atoms with van der Waals surface area (Å²) in [4.78, 5) is 119. The van der Waals surface area contributed by atoms with Crippen molar-refractivity contribution in [1.82, 2.24) is 31.9 Å². The van der Waals surface area contributed by atoms with Crippen molar-refractivity contribution in [3.8, 4) is 5.75 Å². The second-order valence-electron chi connectivity index (χ2n) is 12.3. The summed E-state index contributed by atoms with van der Waals surface area (Å²) < 4.78 is 0. The van der Waals surface area contributed by atoms with E-state index in [1.165, 1.54) is 30.3 Å². The van der Waals surface area contributed by atoms with E-state index in [9.17, 15) is 53.9 Å². The minimum atomic E-state index is -2.23. The predicted octanol–water partition coefficient (Wildman–Crippen LogP) is -10.4. The normalized spacial score (nSPS) is 13.8. The molecule has 344 valence electrons. The number of guanidine groups is 4. The highest BCUT2D eigenvalue weighted by molar-refractivity contribution is 5.99. The van der Waals surface area contributed by atoms with Gasteiger partial charge in [0, 0.05) is 12.3 Å². The van der Waals surface area contributed by atoms with E-state index in [-0.39, 0.29) is 11.1 Å². The fourth-order valence-electron chi connectivity index (χ4n) is 4.54. The van der Waals surface area contributed by atoms with E-state index < -0.39 is 125 Å². The number of aliphatic imine (C=N–C) groups is 5. The van der Waals surface area contributed by atoms with E-state index in [1.807, 2.05) is 21.3 Å². The summed E-state index contributed by atoms with van der Waals surface area (Å²) in [6.45, 7) is 0. The van der Waals surface area contributed by atoms with Crippen LogP contribution in [0.5, 0.6) is 5.75 Å². The summed E-state index contributed by atoms with van der Waals surface area (Å²) in [5, 5.41) is 43.5. The van der Waals surface area contributed by atoms with Gasteiger partial charge in [-0.05, 0) is 23.3 Å². The molecule has 64 heavy (non-hydrogen) atoms. The Morgan fingerprint density at radius 3 is 1.39 bits per heavy atom. The van der Waals surface area contributed by atoms with Gasteiger partial charge in [-0.25, -0.2) is 20.0 Å². The van der Waals surface area contributed by atoms with Crippen molar-refractivity contribution < 1.29 is 48.7 Å². The number of nitrogens with two attached hydrogens (primary N) is 10. The highest BCUT2D eigenvalue weighted by Crippen LogP contribution is 2.25. The molecule has 0 saturated carbocycles. The van der Waals surface area contributed by atoms with Crippen molar-refractivity contribution in [3.63, 3.8) is 0 Å². The Kier molecular flexibility index (Phi) is 18.6. The number of amides is 7. The van der Waals surface area contributed by atoms with Gasteiger partial charge in [0.15, 0.2) is 35.8 Å². The third kappa shape index (κ3) is 16.3. The molecule has 0 saturated heterocycles. The number of carbonyl (C=O) groups is 7. The SMILES string of the molecule is NC(=O)C(N)NC(=O)C(N=C(N)N)NC(=O)C(N=C(N)N)NC(=O)C(N=C(N)N)NC(=O)C(N=C(N)N)NC(=O)C(NC(=O)C(O)N=Cc1ccc(O)c([N+](=O)[O-])c1)c1ccccc1. The van der Waals surface area contributed by atoms with Gasteiger partial charge >= 0.3 is 5.69 Å². The van der Waals surface area contributed by atoms with Crippen molar-refractivity contribution in [2.45, 2.75) is 43.1 Å². The van der Waals surface area contributed by atoms with Crippen LogP contribution < -0.4 is 89.2 Å². The Morgan fingerprint density at radius 2 is 1.00 bits per heavy atom. The third-order valence-corrected chi connectivity index (χ3v) is 7.30. The van der Waals surface area contributed by atoms with Gasteiger partial charge in [-0.2, -0.15) is 0 Å². The van der Waals surface area contributed by atoms with Gasteiger partial charge in [0.05, 0.1) is 4.92 Å². The molecule has 0 aliphatic heterocycles. The number of nitrogens with zero attached hydrogens (tertiary/aromatic N) is 6. The molecule has 33 nitrogen and oxygen atoms in total. The Morgan fingerprint density at radius 1 is 0.594 bits per heavy atom. The summed E-state index contributed by atoms with van der Waals surface area (Å²) in [7, 11) is 0. The Labute approximate surface area is 358 Å². The Balaban J connectivity index is 2.40. The molecular formula is C31H44N22O11. The van der Waals surface area contributed by atoms with Gasteiger partial charge < -0.3 is 99.5 Å². The molecule has 0 bridgehead atoms. The zero-order valence-corrected chi connectivity index (χ0v) is 32.8. The van der Waals surface area contributed by atoms with E-state index in [4.69, 9.17) is 57.3 Å². The second kappa shape index (κ2) is 23.4. The molecule has 0 radical (unpaired) electrons. The molecule has 0 aliphatic carbocycles. The summed E-state index contributed by atoms with van der Waals surface area (Å²) >= 11 is 0. The average Bonchev–Trinajstić information content (AvgIpc) is 3.20. The number of phenols is 1. The van der Waals surface area contributed by atoms with Gasteiger partial charge in [-0.1, -0.05) is 30.3 Å². The molecule has 28 N–H and O–H groups in total. The molecule has 2 aromatic carbocycles. The first-order chi connectivity index (χ1) is 29.9. The molecule has 0 aromatic heterocycles. The number of rotatable bonds is 21. The maximum absolute atomic E-state index is 13.7. The molecule has 7 atom stereocenters. The van der Waals surface area contributed by atoms with Crippen LogP contribution in [0.1, 0.15) is 17.2 Å². The average molecular weight is 901 g/mol. The van der Waals surface area contributed by atoms with Crippen LogP contribution in [0.2, 0.25) is 0 Å². The van der Waals surface area contributed by atoms with Crippen LogP contribution in [0, 0.1) is 10.1 Å². The highest BCUT2D eigenvalue weighted by Gasteiger charge is 2.34. The van der Waals surface area contributed by atoms with Crippen molar-refractivity contribution in [1.29, 1.82) is 0 Å². The lowest BCUT2D eigenvalue weighted by molar-refractivity contribution is -0.385. The Bertz CT molecular complexity index is 2240. The van der Waals surface area contributed by atoms with Crippen molar-refractivity contribution in [3.05, 3.63) is 69.8 Å². The number of nitrogens with one attached hydrogen (secondary N) is 6. The van der Waals surface area contributed by atoms with E-state index in [1.54, 1.807) is 6.07 Å². The number of phenolic OH excluding ortho intramolecular Hbond substituents is 1. The van der Waals surface area contributed by atoms with Crippen molar-refractivity contribution >= 4 is 77.1 Å². The molecule has 0 spiro atoms. The molecule has 2 aromatic rings. The number of nitro groups is 1. The standard InChI is InChI=1S/C31H44N22O11/c32-15(16(33)55)44-22(57)17(49-28(34)35)46-24(59)19(51-30(38)39)48-25(60)20(52-31(40)41)47-23(58)18(50-29(36)37)45-21(56)14(11-4-2-1-3-5-11)43-27(62)26(61)42-9-10-6-7-13(54)12(8-10)53(63)64/h1-9,14-15,17-20,26,54,61H,32H2,(H2,33,55)(H,43,62)(H,44,57)(H,45,56)(H,46,59)(H,47,58)(H,48,60)(H4,34,35,49)(H4,36,37,50)(H4,38,39,51)(H4,40,41,52). The van der Waals surface area contributed by atoms with Gasteiger partial charge in [0.1, 0.15) is 6.04 Å². The number of aliphatic hydroxyl groups excluding tert-OH is 1. The third-order valence-electron chi connectivity index (χ3n) is 7.30. The van der Waals surface area contributed by atoms with Gasteiger partial charge in [-0.3, -0.25) is 48.7 Å². The number of benzene rings is 2. The summed E-state index contributed by atoms with van der Waals surface area (Å²) in [5.41, 5.74) is 53.1. The van der Waals surface area contributed by atoms with E-state index >= 15 is 0 Å². The Hall–Kier alpha value is -9.40. The fourth-order valence-corrected chi connectivity index (χ4v) is 4.54. The summed E-state index contributed by atoms with van der Waals surface area (Å²) in [6.07, 6.45) is -11.8. The lowest BCUT2D eigenvalue weighted by Gasteiger charge is -2.24. The molecule has 7 amide bonds. The molecule has 7 unspecified atom stereocenters. The molecule has 2 rings (SSSR count). The number of hydrogen-bond donors (Lipinski definition) is 18. The van der Waals surface area contributed by atoms with Crippen LogP contribution in [0.3, 0.4) is 0 Å². The zero-order valence-electron chi connectivity index (χ0n) is 32.8.